The number of hydrogen-bond acceptors (Lipinski definition) is 4. The molecule has 1 aromatic rings. The van der Waals surface area contributed by atoms with Crippen molar-refractivity contribution in [3.8, 4) is 11.5 Å². The van der Waals surface area contributed by atoms with Crippen molar-refractivity contribution in [1.29, 1.82) is 0 Å². The van der Waals surface area contributed by atoms with E-state index in [0.717, 1.165) is 17.7 Å². The summed E-state index contributed by atoms with van der Waals surface area (Å²) in [4.78, 5) is 0. The van der Waals surface area contributed by atoms with E-state index in [2.05, 4.69) is 6.92 Å². The number of aliphatic hydroxyl groups excluding tert-OH is 1. The molecule has 0 saturated heterocycles. The number of rotatable bonds is 7. The third-order valence-corrected chi connectivity index (χ3v) is 2.21. The number of hydrogen-bond donors (Lipinski definition) is 2. The zero-order chi connectivity index (χ0) is 12.7. The minimum Gasteiger partial charge on any atom is -0.493 e. The Morgan fingerprint density at radius 2 is 2.12 bits per heavy atom. The Morgan fingerprint density at radius 1 is 1.35 bits per heavy atom. The van der Waals surface area contributed by atoms with Gasteiger partial charge in [0.2, 0.25) is 0 Å². The van der Waals surface area contributed by atoms with Crippen LogP contribution < -0.4 is 15.2 Å². The minimum absolute atomic E-state index is 0.254. The van der Waals surface area contributed by atoms with Crippen LogP contribution in [0, 0.1) is 0 Å². The van der Waals surface area contributed by atoms with Gasteiger partial charge in [0.25, 0.3) is 0 Å². The first-order valence-corrected chi connectivity index (χ1v) is 5.94. The van der Waals surface area contributed by atoms with Crippen molar-refractivity contribution < 1.29 is 14.6 Å². The fraction of sp³-hybridized carbons (Fsp3) is 0.538. The van der Waals surface area contributed by atoms with Gasteiger partial charge in [-0.25, -0.2) is 0 Å². The quantitative estimate of drug-likeness (QED) is 0.760. The SMILES string of the molecule is CCCOc1ccc(CN)c(OCC(C)O)c1. The number of benzene rings is 1. The normalized spacial score (nSPS) is 12.2. The zero-order valence-electron chi connectivity index (χ0n) is 10.5. The number of nitrogens with two attached hydrogens (primary N) is 1. The Kier molecular flexibility index (Phi) is 5.80. The smallest absolute Gasteiger partial charge is 0.127 e. The van der Waals surface area contributed by atoms with Crippen molar-refractivity contribution in [3.05, 3.63) is 23.8 Å². The van der Waals surface area contributed by atoms with Crippen molar-refractivity contribution in [1.82, 2.24) is 0 Å². The standard InChI is InChI=1S/C13H21NO3/c1-3-6-16-12-5-4-11(8-14)13(7-12)17-9-10(2)15/h4-5,7,10,15H,3,6,8-9,14H2,1-2H3. The van der Waals surface area contributed by atoms with Crippen LogP contribution in [0.5, 0.6) is 11.5 Å². The summed E-state index contributed by atoms with van der Waals surface area (Å²) >= 11 is 0. The first-order chi connectivity index (χ1) is 8.17. The van der Waals surface area contributed by atoms with Crippen LogP contribution in [0.3, 0.4) is 0 Å². The van der Waals surface area contributed by atoms with E-state index < -0.39 is 6.10 Å². The van der Waals surface area contributed by atoms with Crippen LogP contribution in [0.2, 0.25) is 0 Å². The van der Waals surface area contributed by atoms with Crippen molar-refractivity contribution in [3.63, 3.8) is 0 Å². The van der Waals surface area contributed by atoms with E-state index in [4.69, 9.17) is 15.2 Å². The summed E-state index contributed by atoms with van der Waals surface area (Å²) in [5.41, 5.74) is 6.54. The van der Waals surface area contributed by atoms with Crippen LogP contribution in [-0.4, -0.2) is 24.4 Å². The van der Waals surface area contributed by atoms with Crippen LogP contribution in [0.4, 0.5) is 0 Å². The maximum absolute atomic E-state index is 9.20. The first kappa shape index (κ1) is 13.8. The molecular formula is C13H21NO3. The van der Waals surface area contributed by atoms with Gasteiger partial charge in [-0.1, -0.05) is 13.0 Å². The molecule has 0 saturated carbocycles. The first-order valence-electron chi connectivity index (χ1n) is 5.94. The monoisotopic (exact) mass is 239 g/mol. The van der Waals surface area contributed by atoms with Gasteiger partial charge in [-0.15, -0.1) is 0 Å². The fourth-order valence-electron chi connectivity index (χ4n) is 1.36. The molecule has 1 aromatic carbocycles. The highest BCUT2D eigenvalue weighted by Gasteiger charge is 2.06. The lowest BCUT2D eigenvalue weighted by molar-refractivity contribution is 0.122. The maximum Gasteiger partial charge on any atom is 0.127 e. The second kappa shape index (κ2) is 7.14. The summed E-state index contributed by atoms with van der Waals surface area (Å²) in [5.74, 6) is 1.45. The van der Waals surface area contributed by atoms with E-state index >= 15 is 0 Å². The van der Waals surface area contributed by atoms with Crippen LogP contribution in [0.1, 0.15) is 25.8 Å². The summed E-state index contributed by atoms with van der Waals surface area (Å²) in [6, 6.07) is 5.59. The van der Waals surface area contributed by atoms with Gasteiger partial charge >= 0.3 is 0 Å². The summed E-state index contributed by atoms with van der Waals surface area (Å²) in [6.07, 6.45) is 0.462. The highest BCUT2D eigenvalue weighted by Crippen LogP contribution is 2.25. The molecule has 17 heavy (non-hydrogen) atoms. The van der Waals surface area contributed by atoms with Gasteiger partial charge in [0.1, 0.15) is 18.1 Å². The molecule has 0 aromatic heterocycles. The van der Waals surface area contributed by atoms with Gasteiger partial charge in [0.15, 0.2) is 0 Å². The zero-order valence-corrected chi connectivity index (χ0v) is 10.5. The molecule has 0 fully saturated rings. The molecule has 0 amide bonds. The Balaban J connectivity index is 2.75. The number of ether oxygens (including phenoxy) is 2. The van der Waals surface area contributed by atoms with E-state index in [-0.39, 0.29) is 6.61 Å². The van der Waals surface area contributed by atoms with Gasteiger partial charge in [-0.2, -0.15) is 0 Å². The van der Waals surface area contributed by atoms with Crippen LogP contribution >= 0.6 is 0 Å². The average Bonchev–Trinajstić information content (AvgIpc) is 2.33. The molecule has 0 aliphatic rings. The highest BCUT2D eigenvalue weighted by atomic mass is 16.5. The topological polar surface area (TPSA) is 64.7 Å². The Labute approximate surface area is 102 Å². The molecule has 4 heteroatoms. The van der Waals surface area contributed by atoms with Gasteiger partial charge in [0.05, 0.1) is 12.7 Å². The van der Waals surface area contributed by atoms with E-state index in [1.54, 1.807) is 6.92 Å². The molecule has 4 nitrogen and oxygen atoms in total. The van der Waals surface area contributed by atoms with Crippen molar-refractivity contribution in [2.75, 3.05) is 13.2 Å². The molecule has 96 valence electrons. The molecule has 0 spiro atoms. The predicted octanol–water partition coefficient (Wildman–Crippen LogP) is 1.69. The largest absolute Gasteiger partial charge is 0.493 e. The van der Waals surface area contributed by atoms with Crippen molar-refractivity contribution in [2.45, 2.75) is 32.9 Å². The average molecular weight is 239 g/mol. The summed E-state index contributed by atoms with van der Waals surface area (Å²) in [6.45, 7) is 5.07. The van der Waals surface area contributed by atoms with E-state index in [1.165, 1.54) is 0 Å². The molecule has 0 aliphatic carbocycles. The van der Waals surface area contributed by atoms with Gasteiger partial charge < -0.3 is 20.3 Å². The summed E-state index contributed by atoms with van der Waals surface area (Å²) < 4.78 is 11.0. The minimum atomic E-state index is -0.499. The van der Waals surface area contributed by atoms with Crippen LogP contribution in [-0.2, 0) is 6.54 Å². The molecule has 1 rings (SSSR count). The summed E-state index contributed by atoms with van der Waals surface area (Å²) in [5, 5.41) is 9.20. The Morgan fingerprint density at radius 3 is 2.71 bits per heavy atom. The molecule has 0 heterocycles. The Hall–Kier alpha value is -1.26. The molecule has 0 radical (unpaired) electrons. The third kappa shape index (κ3) is 4.63. The van der Waals surface area contributed by atoms with E-state index in [0.29, 0.717) is 18.9 Å². The maximum atomic E-state index is 9.20. The van der Waals surface area contributed by atoms with E-state index in [9.17, 15) is 5.11 Å². The highest BCUT2D eigenvalue weighted by molar-refractivity contribution is 5.40. The molecular weight excluding hydrogens is 218 g/mol. The Bertz CT molecular complexity index is 339. The van der Waals surface area contributed by atoms with Crippen LogP contribution in [0.25, 0.3) is 0 Å². The lowest BCUT2D eigenvalue weighted by Gasteiger charge is -2.13. The molecule has 3 N–H and O–H groups in total. The van der Waals surface area contributed by atoms with E-state index in [1.807, 2.05) is 18.2 Å². The predicted molar refractivity (Wildman–Crippen MR) is 67.3 cm³/mol. The molecule has 1 unspecified atom stereocenters. The van der Waals surface area contributed by atoms with Gasteiger partial charge in [0, 0.05) is 18.2 Å². The molecule has 0 bridgehead atoms. The fourth-order valence-corrected chi connectivity index (χ4v) is 1.36. The van der Waals surface area contributed by atoms with Crippen molar-refractivity contribution >= 4 is 0 Å². The number of aliphatic hydroxyl groups is 1. The van der Waals surface area contributed by atoms with Crippen LogP contribution in [0.15, 0.2) is 18.2 Å². The lowest BCUT2D eigenvalue weighted by Crippen LogP contribution is -2.14. The molecule has 1 atom stereocenters. The third-order valence-electron chi connectivity index (χ3n) is 2.21. The van der Waals surface area contributed by atoms with Gasteiger partial charge in [-0.3, -0.25) is 0 Å². The van der Waals surface area contributed by atoms with Gasteiger partial charge in [-0.05, 0) is 19.4 Å². The second-order valence-electron chi connectivity index (χ2n) is 3.98. The molecule has 0 aliphatic heterocycles. The lowest BCUT2D eigenvalue weighted by atomic mass is 10.2. The summed E-state index contributed by atoms with van der Waals surface area (Å²) in [7, 11) is 0. The second-order valence-corrected chi connectivity index (χ2v) is 3.98. The van der Waals surface area contributed by atoms with Crippen molar-refractivity contribution in [2.24, 2.45) is 5.73 Å².